The van der Waals surface area contributed by atoms with Crippen LogP contribution in [0.3, 0.4) is 0 Å². The van der Waals surface area contributed by atoms with Gasteiger partial charge in [0.1, 0.15) is 12.4 Å². The van der Waals surface area contributed by atoms with Crippen LogP contribution in [0.2, 0.25) is 0 Å². The predicted molar refractivity (Wildman–Crippen MR) is 113 cm³/mol. The van der Waals surface area contributed by atoms with Crippen LogP contribution in [0.4, 0.5) is 30.2 Å². The maximum absolute atomic E-state index is 14.6. The molecule has 0 spiro atoms. The highest BCUT2D eigenvalue weighted by Gasteiger charge is 2.32. The normalized spacial score (nSPS) is 11.1. The molecule has 0 N–H and O–H groups in total. The molecular formula is C19H20F3IN2O5. The van der Waals surface area contributed by atoms with Gasteiger partial charge in [0.2, 0.25) is 5.75 Å². The van der Waals surface area contributed by atoms with Crippen molar-refractivity contribution in [2.45, 2.75) is 20.1 Å². The fraction of sp³-hybridized carbons (Fsp3) is 0.368. The Morgan fingerprint density at radius 1 is 1.13 bits per heavy atom. The Bertz CT molecular complexity index is 910. The second-order valence-electron chi connectivity index (χ2n) is 5.93. The first-order chi connectivity index (χ1) is 14.2. The summed E-state index contributed by atoms with van der Waals surface area (Å²) in [6, 6.07) is 4.59. The van der Waals surface area contributed by atoms with Crippen molar-refractivity contribution >= 4 is 39.7 Å². The summed E-state index contributed by atoms with van der Waals surface area (Å²) < 4.78 is 59.8. The van der Waals surface area contributed by atoms with Crippen molar-refractivity contribution in [3.8, 4) is 5.75 Å². The first kappa shape index (κ1) is 24.2. The van der Waals surface area contributed by atoms with Gasteiger partial charge in [-0.2, -0.15) is 0 Å². The maximum atomic E-state index is 14.6. The summed E-state index contributed by atoms with van der Waals surface area (Å²) in [5, 5.41) is 11.7. The number of nitro benzene ring substituents is 1. The van der Waals surface area contributed by atoms with E-state index in [-0.39, 0.29) is 25.5 Å². The zero-order valence-electron chi connectivity index (χ0n) is 16.5. The Hall–Kier alpha value is -2.12. The molecule has 0 radical (unpaired) electrons. The van der Waals surface area contributed by atoms with Gasteiger partial charge in [-0.05, 0) is 54.6 Å². The van der Waals surface area contributed by atoms with E-state index in [0.717, 1.165) is 4.90 Å². The minimum atomic E-state index is -1.50. The Morgan fingerprint density at radius 2 is 1.77 bits per heavy atom. The highest BCUT2D eigenvalue weighted by Crippen LogP contribution is 2.43. The van der Waals surface area contributed by atoms with Gasteiger partial charge in [0.15, 0.2) is 23.6 Å². The average Bonchev–Trinajstić information content (AvgIpc) is 2.67. The second-order valence-corrected chi connectivity index (χ2v) is 7.18. The molecule has 7 nitrogen and oxygen atoms in total. The molecular weight excluding hydrogens is 520 g/mol. The lowest BCUT2D eigenvalue weighted by atomic mass is 10.2. The summed E-state index contributed by atoms with van der Waals surface area (Å²) in [5.41, 5.74) is -1.78. The molecule has 0 aromatic heterocycles. The van der Waals surface area contributed by atoms with Crippen LogP contribution in [-0.2, 0) is 9.47 Å². The molecule has 0 fully saturated rings. The second kappa shape index (κ2) is 10.8. The molecule has 0 heterocycles. The van der Waals surface area contributed by atoms with Crippen molar-refractivity contribution < 1.29 is 32.3 Å². The van der Waals surface area contributed by atoms with Gasteiger partial charge in [0.05, 0.1) is 10.6 Å². The van der Waals surface area contributed by atoms with E-state index in [4.69, 9.17) is 14.2 Å². The van der Waals surface area contributed by atoms with Crippen LogP contribution in [0.1, 0.15) is 13.8 Å². The Balaban J connectivity index is 2.53. The number of halogens is 4. The molecule has 0 aliphatic rings. The smallest absolute Gasteiger partial charge is 0.337 e. The monoisotopic (exact) mass is 540 g/mol. The first-order valence-corrected chi connectivity index (χ1v) is 10.00. The van der Waals surface area contributed by atoms with Crippen LogP contribution < -0.4 is 9.64 Å². The molecule has 2 rings (SSSR count). The minimum absolute atomic E-state index is 0.171. The minimum Gasteiger partial charge on any atom is -0.481 e. The molecule has 0 saturated carbocycles. The molecule has 30 heavy (non-hydrogen) atoms. The van der Waals surface area contributed by atoms with Crippen molar-refractivity contribution in [2.24, 2.45) is 0 Å². The predicted octanol–water partition coefficient (Wildman–Crippen LogP) is 5.16. The number of ether oxygens (including phenoxy) is 3. The van der Waals surface area contributed by atoms with E-state index in [1.807, 2.05) is 22.6 Å². The van der Waals surface area contributed by atoms with Crippen molar-refractivity contribution in [2.75, 3.05) is 31.8 Å². The molecule has 0 amide bonds. The van der Waals surface area contributed by atoms with Crippen molar-refractivity contribution in [1.82, 2.24) is 0 Å². The van der Waals surface area contributed by atoms with Gasteiger partial charge in [0.25, 0.3) is 0 Å². The largest absolute Gasteiger partial charge is 0.481 e. The van der Waals surface area contributed by atoms with Gasteiger partial charge in [-0.3, -0.25) is 10.1 Å². The van der Waals surface area contributed by atoms with Crippen LogP contribution in [0.15, 0.2) is 24.3 Å². The summed E-state index contributed by atoms with van der Waals surface area (Å²) >= 11 is 1.88. The Morgan fingerprint density at radius 3 is 2.30 bits per heavy atom. The third-order valence-corrected chi connectivity index (χ3v) is 4.67. The molecule has 0 saturated heterocycles. The standard InChI is InChI=1S/C19H20F3IN2O5/c1-4-28-16(29-5-2)10-30-15-9-13(21)17(22)19(18(15)25(26)27)24(3)14-7-6-11(23)8-12(14)20/h6-9,16H,4-5,10H2,1-3H3. The van der Waals surface area contributed by atoms with Crippen LogP contribution in [0.25, 0.3) is 0 Å². The summed E-state index contributed by atoms with van der Waals surface area (Å²) in [5.74, 6) is -4.16. The highest BCUT2D eigenvalue weighted by atomic mass is 127. The third kappa shape index (κ3) is 5.52. The van der Waals surface area contributed by atoms with Gasteiger partial charge in [-0.1, -0.05) is 0 Å². The lowest BCUT2D eigenvalue weighted by Gasteiger charge is -2.23. The summed E-state index contributed by atoms with van der Waals surface area (Å²) in [7, 11) is 1.20. The third-order valence-electron chi connectivity index (χ3n) is 4.00. The quantitative estimate of drug-likeness (QED) is 0.180. The molecule has 164 valence electrons. The number of nitrogens with zero attached hydrogens (tertiary/aromatic N) is 2. The number of hydrogen-bond donors (Lipinski definition) is 0. The van der Waals surface area contributed by atoms with Gasteiger partial charge in [-0.15, -0.1) is 0 Å². The average molecular weight is 540 g/mol. The van der Waals surface area contributed by atoms with E-state index in [9.17, 15) is 23.3 Å². The summed E-state index contributed by atoms with van der Waals surface area (Å²) in [6.45, 7) is 3.71. The molecule has 0 atom stereocenters. The summed E-state index contributed by atoms with van der Waals surface area (Å²) in [4.78, 5) is 11.7. The molecule has 0 aliphatic carbocycles. The van der Waals surface area contributed by atoms with E-state index in [1.54, 1.807) is 13.8 Å². The van der Waals surface area contributed by atoms with Crippen LogP contribution in [0, 0.1) is 31.1 Å². The van der Waals surface area contributed by atoms with Crippen LogP contribution in [0.5, 0.6) is 5.75 Å². The molecule has 0 aliphatic heterocycles. The summed E-state index contributed by atoms with van der Waals surface area (Å²) in [6.07, 6.45) is -0.859. The van der Waals surface area contributed by atoms with Gasteiger partial charge < -0.3 is 19.1 Å². The van der Waals surface area contributed by atoms with Crippen molar-refractivity contribution in [1.29, 1.82) is 0 Å². The fourth-order valence-electron chi connectivity index (χ4n) is 2.72. The van der Waals surface area contributed by atoms with Gasteiger partial charge in [0, 0.05) is 29.9 Å². The Labute approximate surface area is 185 Å². The molecule has 11 heteroatoms. The lowest BCUT2D eigenvalue weighted by molar-refractivity contribution is -0.385. The van der Waals surface area contributed by atoms with E-state index < -0.39 is 45.8 Å². The number of benzene rings is 2. The number of hydrogen-bond acceptors (Lipinski definition) is 6. The van der Waals surface area contributed by atoms with E-state index in [1.165, 1.54) is 25.2 Å². The van der Waals surface area contributed by atoms with Crippen LogP contribution >= 0.6 is 22.6 Å². The van der Waals surface area contributed by atoms with Gasteiger partial charge >= 0.3 is 5.69 Å². The molecule has 0 bridgehead atoms. The van der Waals surface area contributed by atoms with Gasteiger partial charge in [-0.25, -0.2) is 13.2 Å². The van der Waals surface area contributed by atoms with Crippen molar-refractivity contribution in [3.63, 3.8) is 0 Å². The molecule has 0 unspecified atom stereocenters. The topological polar surface area (TPSA) is 74.1 Å². The number of nitro groups is 1. The lowest BCUT2D eigenvalue weighted by Crippen LogP contribution is -2.25. The SMILES string of the molecule is CCOC(COc1cc(F)c(F)c(N(C)c2ccc(I)cc2F)c1[N+](=O)[O-])OCC. The van der Waals surface area contributed by atoms with E-state index >= 15 is 0 Å². The number of rotatable bonds is 10. The van der Waals surface area contributed by atoms with E-state index in [2.05, 4.69) is 0 Å². The zero-order chi connectivity index (χ0) is 22.4. The fourth-order valence-corrected chi connectivity index (χ4v) is 3.17. The van der Waals surface area contributed by atoms with Crippen molar-refractivity contribution in [3.05, 3.63) is 55.4 Å². The van der Waals surface area contributed by atoms with Crippen LogP contribution in [-0.4, -0.2) is 38.1 Å². The highest BCUT2D eigenvalue weighted by molar-refractivity contribution is 14.1. The maximum Gasteiger partial charge on any atom is 0.337 e. The zero-order valence-corrected chi connectivity index (χ0v) is 18.6. The first-order valence-electron chi connectivity index (χ1n) is 8.92. The molecule has 2 aromatic rings. The molecule has 2 aromatic carbocycles. The Kier molecular flexibility index (Phi) is 8.67. The number of anilines is 2. The van der Waals surface area contributed by atoms with E-state index in [0.29, 0.717) is 9.64 Å².